The SMILES string of the molecule is CNC(=O)Cc1ccccc1NC(=O)Nc1[nH]ncc1OC. The van der Waals surface area contributed by atoms with Gasteiger partial charge in [-0.15, -0.1) is 0 Å². The average Bonchev–Trinajstić information content (AvgIpc) is 2.96. The van der Waals surface area contributed by atoms with Gasteiger partial charge in [0.25, 0.3) is 0 Å². The molecule has 8 nitrogen and oxygen atoms in total. The molecule has 0 saturated heterocycles. The smallest absolute Gasteiger partial charge is 0.324 e. The van der Waals surface area contributed by atoms with Gasteiger partial charge < -0.3 is 15.4 Å². The van der Waals surface area contributed by atoms with Gasteiger partial charge in [0.05, 0.1) is 19.7 Å². The third-order valence-electron chi connectivity index (χ3n) is 2.96. The number of aromatic amines is 1. The zero-order valence-electron chi connectivity index (χ0n) is 12.3. The molecule has 1 heterocycles. The van der Waals surface area contributed by atoms with Gasteiger partial charge in [0, 0.05) is 12.7 Å². The molecule has 8 heteroatoms. The number of nitrogens with zero attached hydrogens (tertiary/aromatic N) is 1. The topological polar surface area (TPSA) is 108 Å². The van der Waals surface area contributed by atoms with Gasteiger partial charge in [0.15, 0.2) is 11.6 Å². The summed E-state index contributed by atoms with van der Waals surface area (Å²) in [7, 11) is 3.04. The summed E-state index contributed by atoms with van der Waals surface area (Å²) in [5, 5.41) is 14.2. The summed E-state index contributed by atoms with van der Waals surface area (Å²) in [6.45, 7) is 0. The van der Waals surface area contributed by atoms with E-state index >= 15 is 0 Å². The first-order chi connectivity index (χ1) is 10.6. The monoisotopic (exact) mass is 303 g/mol. The summed E-state index contributed by atoms with van der Waals surface area (Å²) in [5.41, 5.74) is 1.27. The molecule has 1 aromatic carbocycles. The van der Waals surface area contributed by atoms with Crippen molar-refractivity contribution in [3.05, 3.63) is 36.0 Å². The van der Waals surface area contributed by atoms with E-state index in [0.717, 1.165) is 0 Å². The standard InChI is InChI=1S/C14H17N5O3/c1-15-12(20)7-9-5-3-4-6-10(9)17-14(21)18-13-11(22-2)8-16-19-13/h3-6,8H,7H2,1-2H3,(H,15,20)(H3,16,17,18,19,21). The van der Waals surface area contributed by atoms with Crippen LogP contribution in [-0.4, -0.2) is 36.3 Å². The Kier molecular flexibility index (Phi) is 4.97. The van der Waals surface area contributed by atoms with Crippen molar-refractivity contribution in [2.45, 2.75) is 6.42 Å². The largest absolute Gasteiger partial charge is 0.491 e. The molecule has 0 spiro atoms. The quantitative estimate of drug-likeness (QED) is 0.668. The van der Waals surface area contributed by atoms with Gasteiger partial charge in [-0.3, -0.25) is 15.2 Å². The molecule has 116 valence electrons. The van der Waals surface area contributed by atoms with Crippen molar-refractivity contribution in [1.29, 1.82) is 0 Å². The van der Waals surface area contributed by atoms with Crippen LogP contribution in [0.1, 0.15) is 5.56 Å². The third kappa shape index (κ3) is 3.75. The van der Waals surface area contributed by atoms with E-state index in [9.17, 15) is 9.59 Å². The van der Waals surface area contributed by atoms with Crippen LogP contribution in [0.2, 0.25) is 0 Å². The van der Waals surface area contributed by atoms with Crippen LogP contribution in [-0.2, 0) is 11.2 Å². The Labute approximate surface area is 127 Å². The molecule has 3 amide bonds. The second-order valence-electron chi connectivity index (χ2n) is 4.40. The highest BCUT2D eigenvalue weighted by Gasteiger charge is 2.12. The maximum absolute atomic E-state index is 12.0. The number of amides is 3. The molecule has 0 aliphatic heterocycles. The maximum Gasteiger partial charge on any atom is 0.324 e. The molecule has 0 fully saturated rings. The summed E-state index contributed by atoms with van der Waals surface area (Å²) in [4.78, 5) is 23.5. The minimum atomic E-state index is -0.466. The van der Waals surface area contributed by atoms with Crippen LogP contribution < -0.4 is 20.7 Å². The van der Waals surface area contributed by atoms with Crippen molar-refractivity contribution < 1.29 is 14.3 Å². The number of carbonyl (C=O) groups excluding carboxylic acids is 2. The van der Waals surface area contributed by atoms with Gasteiger partial charge in [0.2, 0.25) is 5.91 Å². The van der Waals surface area contributed by atoms with Crippen molar-refractivity contribution in [2.75, 3.05) is 24.8 Å². The van der Waals surface area contributed by atoms with E-state index in [1.54, 1.807) is 31.3 Å². The molecule has 0 unspecified atom stereocenters. The minimum absolute atomic E-state index is 0.134. The first-order valence-corrected chi connectivity index (χ1v) is 6.58. The van der Waals surface area contributed by atoms with Crippen LogP contribution in [0.25, 0.3) is 0 Å². The maximum atomic E-state index is 12.0. The van der Waals surface area contributed by atoms with Crippen molar-refractivity contribution >= 4 is 23.4 Å². The summed E-state index contributed by atoms with van der Waals surface area (Å²) in [6.07, 6.45) is 1.63. The molecule has 0 radical (unpaired) electrons. The Balaban J connectivity index is 2.07. The molecule has 0 aliphatic rings. The van der Waals surface area contributed by atoms with Gasteiger partial charge >= 0.3 is 6.03 Å². The van der Waals surface area contributed by atoms with E-state index < -0.39 is 6.03 Å². The molecule has 0 bridgehead atoms. The lowest BCUT2D eigenvalue weighted by atomic mass is 10.1. The van der Waals surface area contributed by atoms with E-state index in [0.29, 0.717) is 22.8 Å². The van der Waals surface area contributed by atoms with E-state index in [-0.39, 0.29) is 12.3 Å². The Hall–Kier alpha value is -3.03. The number of ether oxygens (including phenoxy) is 1. The van der Waals surface area contributed by atoms with Gasteiger partial charge in [-0.05, 0) is 11.6 Å². The summed E-state index contributed by atoms with van der Waals surface area (Å²) in [5.74, 6) is 0.641. The van der Waals surface area contributed by atoms with Crippen molar-refractivity contribution in [2.24, 2.45) is 0 Å². The number of para-hydroxylation sites is 1. The highest BCUT2D eigenvalue weighted by atomic mass is 16.5. The molecular weight excluding hydrogens is 286 g/mol. The van der Waals surface area contributed by atoms with Crippen molar-refractivity contribution in [1.82, 2.24) is 15.5 Å². The average molecular weight is 303 g/mol. The van der Waals surface area contributed by atoms with Crippen molar-refractivity contribution in [3.63, 3.8) is 0 Å². The van der Waals surface area contributed by atoms with Gasteiger partial charge in [-0.25, -0.2) is 4.79 Å². The summed E-state index contributed by atoms with van der Waals surface area (Å²) < 4.78 is 5.04. The van der Waals surface area contributed by atoms with E-state index in [2.05, 4.69) is 26.1 Å². The zero-order valence-corrected chi connectivity index (χ0v) is 12.3. The Morgan fingerprint density at radius 1 is 1.27 bits per heavy atom. The van der Waals surface area contributed by atoms with Crippen molar-refractivity contribution in [3.8, 4) is 5.75 Å². The fraction of sp³-hybridized carbons (Fsp3) is 0.214. The summed E-state index contributed by atoms with van der Waals surface area (Å²) >= 11 is 0. The number of H-pyrrole nitrogens is 1. The number of hydrogen-bond donors (Lipinski definition) is 4. The summed E-state index contributed by atoms with van der Waals surface area (Å²) in [6, 6.07) is 6.62. The Bertz CT molecular complexity index is 668. The second-order valence-corrected chi connectivity index (χ2v) is 4.40. The number of rotatable bonds is 5. The van der Waals surface area contributed by atoms with Crippen LogP contribution in [0.5, 0.6) is 5.75 Å². The fourth-order valence-corrected chi connectivity index (χ4v) is 1.84. The van der Waals surface area contributed by atoms with Gasteiger partial charge in [0.1, 0.15) is 0 Å². The van der Waals surface area contributed by atoms with Crippen LogP contribution in [0, 0.1) is 0 Å². The highest BCUT2D eigenvalue weighted by Crippen LogP contribution is 2.20. The third-order valence-corrected chi connectivity index (χ3v) is 2.96. The van der Waals surface area contributed by atoms with Crippen LogP contribution in [0.15, 0.2) is 30.5 Å². The lowest BCUT2D eigenvalue weighted by Gasteiger charge is -2.11. The molecule has 0 aliphatic carbocycles. The second kappa shape index (κ2) is 7.11. The van der Waals surface area contributed by atoms with Crippen LogP contribution in [0.4, 0.5) is 16.3 Å². The molecule has 0 atom stereocenters. The number of hydrogen-bond acceptors (Lipinski definition) is 4. The number of aromatic nitrogens is 2. The molecule has 0 saturated carbocycles. The number of benzene rings is 1. The minimum Gasteiger partial charge on any atom is -0.491 e. The van der Waals surface area contributed by atoms with E-state index in [1.807, 2.05) is 0 Å². The van der Waals surface area contributed by atoms with Gasteiger partial charge in [-0.2, -0.15) is 5.10 Å². The molecular formula is C14H17N5O3. The number of urea groups is 1. The number of nitrogens with one attached hydrogen (secondary N) is 4. The lowest BCUT2D eigenvalue weighted by molar-refractivity contribution is -0.119. The first kappa shape index (κ1) is 15.4. The Morgan fingerprint density at radius 3 is 2.77 bits per heavy atom. The van der Waals surface area contributed by atoms with Crippen LogP contribution >= 0.6 is 0 Å². The molecule has 4 N–H and O–H groups in total. The van der Waals surface area contributed by atoms with Gasteiger partial charge in [-0.1, -0.05) is 18.2 Å². The van der Waals surface area contributed by atoms with E-state index in [1.165, 1.54) is 13.3 Å². The molecule has 22 heavy (non-hydrogen) atoms. The lowest BCUT2D eigenvalue weighted by Crippen LogP contribution is -2.23. The Morgan fingerprint density at radius 2 is 2.05 bits per heavy atom. The predicted octanol–water partition coefficient (Wildman–Crippen LogP) is 1.35. The first-order valence-electron chi connectivity index (χ1n) is 6.58. The van der Waals surface area contributed by atoms with Crippen LogP contribution in [0.3, 0.4) is 0 Å². The molecule has 2 aromatic rings. The number of methoxy groups -OCH3 is 1. The molecule has 2 rings (SSSR count). The number of likely N-dealkylation sites (N-methyl/N-ethyl adjacent to an activating group) is 1. The molecule has 1 aromatic heterocycles. The fourth-order valence-electron chi connectivity index (χ4n) is 1.84. The normalized spacial score (nSPS) is 9.91. The number of carbonyl (C=O) groups is 2. The number of anilines is 2. The predicted molar refractivity (Wildman–Crippen MR) is 82.0 cm³/mol. The highest BCUT2D eigenvalue weighted by molar-refractivity contribution is 6.00. The van der Waals surface area contributed by atoms with E-state index in [4.69, 9.17) is 4.74 Å². The zero-order chi connectivity index (χ0) is 15.9.